The summed E-state index contributed by atoms with van der Waals surface area (Å²) >= 11 is 0. The van der Waals surface area contributed by atoms with Crippen LogP contribution in [0.25, 0.3) is 28.1 Å². The van der Waals surface area contributed by atoms with E-state index in [-0.39, 0.29) is 12.1 Å². The zero-order valence-corrected chi connectivity index (χ0v) is 16.5. The van der Waals surface area contributed by atoms with Gasteiger partial charge in [-0.2, -0.15) is 0 Å². The van der Waals surface area contributed by atoms with Gasteiger partial charge in [0.05, 0.1) is 19.4 Å². The standard InChI is InChI=1S/C22H23N5O3/c23-14-10-15(11-14)29-22-5-4-21-24-13-18(27(21)25-22)20-12-16-17(2-1-3-19(16)30-20)26-6-8-28-9-7-26/h1-5,12-15H,6-11,23H2. The van der Waals surface area contributed by atoms with Gasteiger partial charge in [0.2, 0.25) is 5.88 Å². The molecule has 2 N–H and O–H groups in total. The van der Waals surface area contributed by atoms with Gasteiger partial charge in [0.1, 0.15) is 17.4 Å². The number of imidazole rings is 1. The Balaban J connectivity index is 1.38. The molecule has 8 nitrogen and oxygen atoms in total. The summed E-state index contributed by atoms with van der Waals surface area (Å²) in [5.41, 5.74) is 9.42. The number of furan rings is 1. The van der Waals surface area contributed by atoms with E-state index in [1.165, 1.54) is 0 Å². The molecule has 0 atom stereocenters. The molecule has 6 rings (SSSR count). The summed E-state index contributed by atoms with van der Waals surface area (Å²) in [7, 11) is 0. The van der Waals surface area contributed by atoms with Crippen molar-refractivity contribution in [3.05, 3.63) is 42.6 Å². The van der Waals surface area contributed by atoms with Gasteiger partial charge in [0, 0.05) is 36.3 Å². The molecule has 1 saturated carbocycles. The van der Waals surface area contributed by atoms with Crippen LogP contribution in [0.15, 0.2) is 47.0 Å². The predicted molar refractivity (Wildman–Crippen MR) is 113 cm³/mol. The Hall–Kier alpha value is -3.10. The maximum Gasteiger partial charge on any atom is 0.232 e. The normalized spacial score (nSPS) is 21.8. The second-order valence-electron chi connectivity index (χ2n) is 7.96. The van der Waals surface area contributed by atoms with Crippen molar-refractivity contribution in [1.82, 2.24) is 14.6 Å². The number of hydrogen-bond acceptors (Lipinski definition) is 7. The fraction of sp³-hybridized carbons (Fsp3) is 0.364. The van der Waals surface area contributed by atoms with Crippen LogP contribution in [0, 0.1) is 0 Å². The number of fused-ring (bicyclic) bond motifs is 2. The van der Waals surface area contributed by atoms with Crippen molar-refractivity contribution in [2.24, 2.45) is 5.73 Å². The number of ether oxygens (including phenoxy) is 2. The number of nitrogens with two attached hydrogens (primary N) is 1. The molecule has 1 aliphatic carbocycles. The van der Waals surface area contributed by atoms with Crippen LogP contribution in [-0.2, 0) is 4.74 Å². The highest BCUT2D eigenvalue weighted by molar-refractivity contribution is 5.94. The minimum atomic E-state index is 0.138. The van der Waals surface area contributed by atoms with E-state index in [0.29, 0.717) is 5.88 Å². The van der Waals surface area contributed by atoms with Crippen molar-refractivity contribution in [3.63, 3.8) is 0 Å². The van der Waals surface area contributed by atoms with Crippen LogP contribution in [0.5, 0.6) is 5.88 Å². The third kappa shape index (κ3) is 3.00. The highest BCUT2D eigenvalue weighted by Gasteiger charge is 2.28. The summed E-state index contributed by atoms with van der Waals surface area (Å²) in [6.07, 6.45) is 3.66. The minimum Gasteiger partial charge on any atom is -0.473 e. The molecule has 1 aliphatic heterocycles. The van der Waals surface area contributed by atoms with Crippen molar-refractivity contribution in [2.45, 2.75) is 25.0 Å². The predicted octanol–water partition coefficient (Wildman–Crippen LogP) is 2.85. The van der Waals surface area contributed by atoms with E-state index in [0.717, 1.165) is 72.9 Å². The molecule has 0 amide bonds. The lowest BCUT2D eigenvalue weighted by molar-refractivity contribution is 0.0944. The van der Waals surface area contributed by atoms with E-state index < -0.39 is 0 Å². The van der Waals surface area contributed by atoms with E-state index in [9.17, 15) is 0 Å². The average Bonchev–Trinajstić information content (AvgIpc) is 3.36. The van der Waals surface area contributed by atoms with Crippen molar-refractivity contribution >= 4 is 22.3 Å². The first kappa shape index (κ1) is 17.7. The van der Waals surface area contributed by atoms with Gasteiger partial charge >= 0.3 is 0 Å². The average molecular weight is 405 g/mol. The number of anilines is 1. The number of hydrogen-bond donors (Lipinski definition) is 1. The summed E-state index contributed by atoms with van der Waals surface area (Å²) in [4.78, 5) is 6.82. The van der Waals surface area contributed by atoms with Crippen LogP contribution in [0.3, 0.4) is 0 Å². The molecule has 0 bridgehead atoms. The minimum absolute atomic E-state index is 0.138. The molecule has 2 aliphatic rings. The highest BCUT2D eigenvalue weighted by Crippen LogP contribution is 2.34. The van der Waals surface area contributed by atoms with Gasteiger partial charge in [-0.25, -0.2) is 9.50 Å². The lowest BCUT2D eigenvalue weighted by Crippen LogP contribution is -2.43. The number of benzene rings is 1. The molecule has 30 heavy (non-hydrogen) atoms. The first-order chi connectivity index (χ1) is 14.7. The first-order valence-corrected chi connectivity index (χ1v) is 10.4. The molecule has 4 aromatic rings. The van der Waals surface area contributed by atoms with Crippen molar-refractivity contribution < 1.29 is 13.9 Å². The summed E-state index contributed by atoms with van der Waals surface area (Å²) in [6, 6.07) is 12.2. The number of nitrogens with zero attached hydrogens (tertiary/aromatic N) is 4. The zero-order valence-electron chi connectivity index (χ0n) is 16.5. The maximum atomic E-state index is 6.20. The van der Waals surface area contributed by atoms with Crippen LogP contribution in [0.2, 0.25) is 0 Å². The number of morpholine rings is 1. The third-order valence-corrected chi connectivity index (χ3v) is 5.90. The maximum absolute atomic E-state index is 6.20. The lowest BCUT2D eigenvalue weighted by atomic mass is 9.90. The molecule has 8 heteroatoms. The molecule has 1 aromatic carbocycles. The summed E-state index contributed by atoms with van der Waals surface area (Å²) in [5, 5.41) is 5.73. The van der Waals surface area contributed by atoms with E-state index in [4.69, 9.17) is 19.6 Å². The van der Waals surface area contributed by atoms with Gasteiger partial charge in [0.25, 0.3) is 0 Å². The zero-order chi connectivity index (χ0) is 20.1. The molecule has 0 radical (unpaired) electrons. The molecule has 154 valence electrons. The van der Waals surface area contributed by atoms with E-state index in [1.54, 1.807) is 10.7 Å². The second-order valence-corrected chi connectivity index (χ2v) is 7.96. The number of rotatable bonds is 4. The van der Waals surface area contributed by atoms with E-state index in [1.807, 2.05) is 24.3 Å². The van der Waals surface area contributed by atoms with Crippen molar-refractivity contribution in [3.8, 4) is 17.3 Å². The van der Waals surface area contributed by atoms with Gasteiger partial charge in [-0.15, -0.1) is 5.10 Å². The van der Waals surface area contributed by atoms with Crippen molar-refractivity contribution in [1.29, 1.82) is 0 Å². The topological polar surface area (TPSA) is 91.0 Å². The van der Waals surface area contributed by atoms with Gasteiger partial charge < -0.3 is 24.5 Å². The largest absolute Gasteiger partial charge is 0.473 e. The summed E-state index contributed by atoms with van der Waals surface area (Å²) in [5.74, 6) is 1.30. The Morgan fingerprint density at radius 2 is 1.97 bits per heavy atom. The fourth-order valence-electron chi connectivity index (χ4n) is 4.21. The van der Waals surface area contributed by atoms with E-state index >= 15 is 0 Å². The monoisotopic (exact) mass is 405 g/mol. The van der Waals surface area contributed by atoms with Gasteiger partial charge in [-0.1, -0.05) is 6.07 Å². The fourth-order valence-corrected chi connectivity index (χ4v) is 4.21. The Morgan fingerprint density at radius 3 is 2.80 bits per heavy atom. The molecule has 1 saturated heterocycles. The van der Waals surface area contributed by atoms with E-state index in [2.05, 4.69) is 27.1 Å². The van der Waals surface area contributed by atoms with Gasteiger partial charge in [0.15, 0.2) is 11.4 Å². The van der Waals surface area contributed by atoms with Crippen LogP contribution >= 0.6 is 0 Å². The lowest BCUT2D eigenvalue weighted by Gasteiger charge is -2.31. The van der Waals surface area contributed by atoms with Crippen LogP contribution in [0.4, 0.5) is 5.69 Å². The molecular formula is C22H23N5O3. The van der Waals surface area contributed by atoms with Crippen LogP contribution in [0.1, 0.15) is 12.8 Å². The first-order valence-electron chi connectivity index (χ1n) is 10.4. The summed E-state index contributed by atoms with van der Waals surface area (Å²) in [6.45, 7) is 3.24. The van der Waals surface area contributed by atoms with Gasteiger partial charge in [-0.05, 0) is 37.1 Å². The summed E-state index contributed by atoms with van der Waals surface area (Å²) < 4.78 is 19.4. The molecule has 0 unspecified atom stereocenters. The Bertz CT molecular complexity index is 1200. The molecule has 3 aromatic heterocycles. The smallest absolute Gasteiger partial charge is 0.232 e. The molecule has 4 heterocycles. The highest BCUT2D eigenvalue weighted by atomic mass is 16.5. The molecule has 0 spiro atoms. The van der Waals surface area contributed by atoms with Crippen LogP contribution in [-0.4, -0.2) is 53.0 Å². The third-order valence-electron chi connectivity index (χ3n) is 5.90. The van der Waals surface area contributed by atoms with Crippen LogP contribution < -0.4 is 15.4 Å². The Labute approximate surface area is 173 Å². The Kier molecular flexibility index (Phi) is 4.14. The second kappa shape index (κ2) is 7.00. The van der Waals surface area contributed by atoms with Gasteiger partial charge in [-0.3, -0.25) is 0 Å². The Morgan fingerprint density at radius 1 is 1.10 bits per heavy atom. The molecular weight excluding hydrogens is 382 g/mol. The van der Waals surface area contributed by atoms with Crippen molar-refractivity contribution in [2.75, 3.05) is 31.2 Å². The number of aromatic nitrogens is 3. The quantitative estimate of drug-likeness (QED) is 0.558. The SMILES string of the molecule is NC1CC(Oc2ccc3ncc(-c4cc5c(N6CCOCC6)cccc5o4)n3n2)C1. The molecule has 2 fully saturated rings.